The number of nitrogens with zero attached hydrogens (tertiary/aromatic N) is 4. The molecule has 10 nitrogen and oxygen atoms in total. The van der Waals surface area contributed by atoms with Crippen molar-refractivity contribution in [3.05, 3.63) is 35.9 Å². The number of carbonyl (C=O) groups excluding carboxylic acids is 1. The van der Waals surface area contributed by atoms with Crippen molar-refractivity contribution in [1.82, 2.24) is 14.9 Å². The topological polar surface area (TPSA) is 119 Å². The number of nitrogens with one attached hydrogen (secondary N) is 1. The van der Waals surface area contributed by atoms with Crippen LogP contribution in [0.2, 0.25) is 0 Å². The smallest absolute Gasteiger partial charge is 0.410 e. The summed E-state index contributed by atoms with van der Waals surface area (Å²) in [6.45, 7) is 1.82. The van der Waals surface area contributed by atoms with E-state index in [1.165, 1.54) is 25.6 Å². The number of likely N-dealkylation sites (tertiary alicyclic amines) is 1. The number of hydrogen-bond donors (Lipinski definition) is 1. The van der Waals surface area contributed by atoms with Crippen LogP contribution in [0.4, 0.5) is 20.7 Å². The Morgan fingerprint density at radius 1 is 1.26 bits per heavy atom. The Morgan fingerprint density at radius 3 is 2.68 bits per heavy atom. The van der Waals surface area contributed by atoms with Gasteiger partial charge in [-0.3, -0.25) is 0 Å². The molecule has 1 aromatic heterocycles. The SMILES string of the molecule is COc1c(Nc2ccc(C#N)cc2F)ncnc1OC1C2COCC1CN(C(=O)OC1CC1)C2. The zero-order valence-electron chi connectivity index (χ0n) is 18.6. The quantitative estimate of drug-likeness (QED) is 0.681. The van der Waals surface area contributed by atoms with E-state index in [0.717, 1.165) is 18.9 Å². The Bertz CT molecular complexity index is 1110. The second-order valence-electron chi connectivity index (χ2n) is 8.62. The maximum Gasteiger partial charge on any atom is 0.410 e. The Labute approximate surface area is 195 Å². The van der Waals surface area contributed by atoms with E-state index in [1.807, 2.05) is 6.07 Å². The van der Waals surface area contributed by atoms with Gasteiger partial charge in [-0.05, 0) is 31.0 Å². The molecule has 2 atom stereocenters. The van der Waals surface area contributed by atoms with E-state index in [2.05, 4.69) is 15.3 Å². The summed E-state index contributed by atoms with van der Waals surface area (Å²) in [5, 5.41) is 11.8. The molecule has 2 saturated heterocycles. The fraction of sp³-hybridized carbons (Fsp3) is 0.478. The number of amides is 1. The number of benzene rings is 1. The average molecular weight is 469 g/mol. The minimum atomic E-state index is -0.598. The summed E-state index contributed by atoms with van der Waals surface area (Å²) in [6, 6.07) is 5.98. The molecule has 2 unspecified atom stereocenters. The van der Waals surface area contributed by atoms with Crippen molar-refractivity contribution in [2.45, 2.75) is 25.0 Å². The van der Waals surface area contributed by atoms with Gasteiger partial charge in [-0.15, -0.1) is 0 Å². The predicted octanol–water partition coefficient (Wildman–Crippen LogP) is 2.86. The second kappa shape index (κ2) is 9.30. The fourth-order valence-corrected chi connectivity index (χ4v) is 4.30. The molecular weight excluding hydrogens is 445 g/mol. The van der Waals surface area contributed by atoms with Gasteiger partial charge in [-0.1, -0.05) is 0 Å². The van der Waals surface area contributed by atoms with E-state index in [0.29, 0.717) is 26.3 Å². The van der Waals surface area contributed by atoms with Crippen LogP contribution in [0, 0.1) is 29.0 Å². The Kier molecular flexibility index (Phi) is 6.06. The number of nitriles is 1. The van der Waals surface area contributed by atoms with Crippen LogP contribution in [0.5, 0.6) is 11.6 Å². The first kappa shape index (κ1) is 22.2. The van der Waals surface area contributed by atoms with E-state index in [-0.39, 0.29) is 58.8 Å². The van der Waals surface area contributed by atoms with Crippen molar-refractivity contribution in [1.29, 1.82) is 5.26 Å². The number of carbonyl (C=O) groups is 1. The molecule has 1 aromatic carbocycles. The highest BCUT2D eigenvalue weighted by Crippen LogP contribution is 2.38. The van der Waals surface area contributed by atoms with Gasteiger partial charge in [-0.2, -0.15) is 10.2 Å². The largest absolute Gasteiger partial charge is 0.489 e. The van der Waals surface area contributed by atoms with Crippen molar-refractivity contribution in [2.24, 2.45) is 11.8 Å². The molecule has 1 N–H and O–H groups in total. The molecule has 3 aliphatic rings. The van der Waals surface area contributed by atoms with Crippen molar-refractivity contribution >= 4 is 17.6 Å². The fourth-order valence-electron chi connectivity index (χ4n) is 4.30. The summed E-state index contributed by atoms with van der Waals surface area (Å²) in [6.07, 6.45) is 2.68. The lowest BCUT2D eigenvalue weighted by atomic mass is 9.84. The van der Waals surface area contributed by atoms with E-state index < -0.39 is 5.82 Å². The molecule has 1 amide bonds. The summed E-state index contributed by atoms with van der Waals surface area (Å²) in [4.78, 5) is 22.6. The summed E-state index contributed by atoms with van der Waals surface area (Å²) in [5.74, 6) is -0.0642. The van der Waals surface area contributed by atoms with Crippen molar-refractivity contribution < 1.29 is 28.1 Å². The first-order valence-corrected chi connectivity index (χ1v) is 11.1. The molecule has 0 radical (unpaired) electrons. The molecule has 178 valence electrons. The molecule has 2 aromatic rings. The van der Waals surface area contributed by atoms with E-state index in [9.17, 15) is 9.18 Å². The van der Waals surface area contributed by atoms with Crippen molar-refractivity contribution in [3.63, 3.8) is 0 Å². The number of aromatic nitrogens is 2. The molecule has 0 spiro atoms. The van der Waals surface area contributed by atoms with Gasteiger partial charge in [0, 0.05) is 24.9 Å². The van der Waals surface area contributed by atoms with Crippen LogP contribution in [0.15, 0.2) is 24.5 Å². The highest BCUT2D eigenvalue weighted by atomic mass is 19.1. The molecule has 2 bridgehead atoms. The lowest BCUT2D eigenvalue weighted by molar-refractivity contribution is -0.110. The minimum Gasteiger partial charge on any atom is -0.489 e. The first-order valence-electron chi connectivity index (χ1n) is 11.1. The van der Waals surface area contributed by atoms with Crippen LogP contribution in [0.25, 0.3) is 0 Å². The van der Waals surface area contributed by atoms with Crippen molar-refractivity contribution in [2.75, 3.05) is 38.7 Å². The van der Waals surface area contributed by atoms with E-state index in [4.69, 9.17) is 24.2 Å². The molecular formula is C23H24FN5O5. The number of ether oxygens (including phenoxy) is 4. The normalized spacial score (nSPS) is 23.6. The third-order valence-corrected chi connectivity index (χ3v) is 6.13. The summed E-state index contributed by atoms with van der Waals surface area (Å²) in [5.41, 5.74) is 0.345. The summed E-state index contributed by atoms with van der Waals surface area (Å²) >= 11 is 0. The molecule has 3 fully saturated rings. The number of fused-ring (bicyclic) bond motifs is 2. The third kappa shape index (κ3) is 4.54. The zero-order chi connectivity index (χ0) is 23.7. The number of halogens is 1. The second-order valence-corrected chi connectivity index (χ2v) is 8.62. The molecule has 2 aliphatic heterocycles. The molecule has 5 rings (SSSR count). The van der Waals surface area contributed by atoms with Crippen LogP contribution in [0.3, 0.4) is 0 Å². The van der Waals surface area contributed by atoms with Gasteiger partial charge in [0.15, 0.2) is 5.82 Å². The zero-order valence-corrected chi connectivity index (χ0v) is 18.6. The van der Waals surface area contributed by atoms with Crippen LogP contribution in [-0.4, -0.2) is 66.6 Å². The van der Waals surface area contributed by atoms with Gasteiger partial charge in [0.1, 0.15) is 24.4 Å². The molecule has 1 aliphatic carbocycles. The standard InChI is InChI=1S/C23H24FN5O5/c1-31-20-21(28-18-5-2-13(7-25)6-17(18)24)26-12-27-22(20)34-19-14-8-29(9-15(19)11-32-10-14)23(30)33-16-3-4-16/h2,5-6,12,14-16,19H,3-4,8-11H2,1H3,(H,26,27,28). The number of methoxy groups -OCH3 is 1. The monoisotopic (exact) mass is 469 g/mol. The van der Waals surface area contributed by atoms with Crippen LogP contribution in [-0.2, 0) is 9.47 Å². The molecule has 34 heavy (non-hydrogen) atoms. The third-order valence-electron chi connectivity index (χ3n) is 6.13. The van der Waals surface area contributed by atoms with Gasteiger partial charge in [0.05, 0.1) is 37.6 Å². The first-order chi connectivity index (χ1) is 16.6. The van der Waals surface area contributed by atoms with Crippen LogP contribution >= 0.6 is 0 Å². The van der Waals surface area contributed by atoms with Crippen LogP contribution < -0.4 is 14.8 Å². The van der Waals surface area contributed by atoms with Crippen molar-refractivity contribution in [3.8, 4) is 17.7 Å². The lowest BCUT2D eigenvalue weighted by Crippen LogP contribution is -2.58. The van der Waals surface area contributed by atoms with Crippen LogP contribution in [0.1, 0.15) is 18.4 Å². The highest BCUT2D eigenvalue weighted by Gasteiger charge is 2.45. The molecule has 3 heterocycles. The number of rotatable bonds is 6. The Morgan fingerprint density at radius 2 is 2.03 bits per heavy atom. The number of anilines is 2. The maximum atomic E-state index is 14.4. The Balaban J connectivity index is 1.33. The molecule has 11 heteroatoms. The van der Waals surface area contributed by atoms with Gasteiger partial charge >= 0.3 is 6.09 Å². The van der Waals surface area contributed by atoms with E-state index in [1.54, 1.807) is 4.90 Å². The lowest BCUT2D eigenvalue weighted by Gasteiger charge is -2.45. The summed E-state index contributed by atoms with van der Waals surface area (Å²) in [7, 11) is 1.45. The molecule has 1 saturated carbocycles. The Hall–Kier alpha value is -3.65. The maximum absolute atomic E-state index is 14.4. The predicted molar refractivity (Wildman–Crippen MR) is 116 cm³/mol. The van der Waals surface area contributed by atoms with Gasteiger partial charge in [0.25, 0.3) is 5.88 Å². The van der Waals surface area contributed by atoms with Gasteiger partial charge in [-0.25, -0.2) is 14.2 Å². The highest BCUT2D eigenvalue weighted by molar-refractivity contribution is 5.68. The van der Waals surface area contributed by atoms with Gasteiger partial charge < -0.3 is 29.2 Å². The average Bonchev–Trinajstić information content (AvgIpc) is 3.64. The van der Waals surface area contributed by atoms with Gasteiger partial charge in [0.2, 0.25) is 5.75 Å². The summed E-state index contributed by atoms with van der Waals surface area (Å²) < 4.78 is 37.4. The number of piperidine rings is 1. The van der Waals surface area contributed by atoms with E-state index >= 15 is 0 Å². The minimum absolute atomic E-state index is 0.0507. The number of hydrogen-bond acceptors (Lipinski definition) is 9.